The van der Waals surface area contributed by atoms with Crippen LogP contribution in [0.3, 0.4) is 0 Å². The highest BCUT2D eigenvalue weighted by Gasteiger charge is 2.51. The number of hydrogen-bond donors (Lipinski definition) is 0. The third-order valence-corrected chi connectivity index (χ3v) is 19.0. The van der Waals surface area contributed by atoms with Gasteiger partial charge in [-0.1, -0.05) is 196 Å². The van der Waals surface area contributed by atoms with Crippen molar-refractivity contribution < 1.29 is 8.83 Å². The fraction of sp³-hybridized carbons (Fsp3) is 0.162. The molecule has 0 fully saturated rings. The van der Waals surface area contributed by atoms with Crippen LogP contribution in [0.25, 0.3) is 86.6 Å². The summed E-state index contributed by atoms with van der Waals surface area (Å²) in [6, 6.07) is 72.4. The fourth-order valence-corrected chi connectivity index (χ4v) is 14.7. The number of nitrogens with zero attached hydrogens (tertiary/aromatic N) is 2. The van der Waals surface area contributed by atoms with Crippen LogP contribution in [0.5, 0.6) is 0 Å². The van der Waals surface area contributed by atoms with Crippen molar-refractivity contribution in [2.24, 2.45) is 0 Å². The zero-order valence-corrected chi connectivity index (χ0v) is 48.9. The van der Waals surface area contributed by atoms with Gasteiger partial charge in [0, 0.05) is 64.6 Å². The fourth-order valence-electron chi connectivity index (χ4n) is 12.7. The molecule has 0 spiro atoms. The summed E-state index contributed by atoms with van der Waals surface area (Å²) < 4.78 is 17.8. The van der Waals surface area contributed by atoms with Crippen LogP contribution in [-0.4, -0.2) is 6.71 Å². The average molecular weight is 1090 g/mol. The van der Waals surface area contributed by atoms with Gasteiger partial charge >= 0.3 is 6.71 Å². The van der Waals surface area contributed by atoms with Gasteiger partial charge in [-0.25, -0.2) is 0 Å². The quantitative estimate of drug-likeness (QED) is 0.155. The number of rotatable bonds is 6. The Morgan fingerprint density at radius 2 is 0.753 bits per heavy atom. The number of fused-ring (bicyclic) bond motifs is 10. The van der Waals surface area contributed by atoms with Crippen molar-refractivity contribution in [3.63, 3.8) is 0 Å². The van der Waals surface area contributed by atoms with E-state index in [1.54, 1.807) is 22.7 Å². The maximum Gasteiger partial charge on any atom is 0.342 e. The molecular formula is C74H61BN2O2S2. The molecule has 0 saturated carbocycles. The maximum absolute atomic E-state index is 7.62. The summed E-state index contributed by atoms with van der Waals surface area (Å²) in [5.74, 6) is 0. The third-order valence-electron chi connectivity index (χ3n) is 17.1. The largest absolute Gasteiger partial charge is 0.468 e. The molecule has 0 amide bonds. The molecular weight excluding hydrogens is 1020 g/mol. The molecule has 0 aliphatic carbocycles. The van der Waals surface area contributed by atoms with Crippen molar-refractivity contribution in [1.29, 1.82) is 0 Å². The normalized spacial score (nSPS) is 13.4. The van der Waals surface area contributed by atoms with Gasteiger partial charge in [-0.15, -0.1) is 22.7 Å². The van der Waals surface area contributed by atoms with Crippen LogP contribution in [0.2, 0.25) is 0 Å². The van der Waals surface area contributed by atoms with Gasteiger partial charge < -0.3 is 18.6 Å². The average Bonchev–Trinajstić information content (AvgIpc) is 4.45. The molecule has 0 atom stereocenters. The van der Waals surface area contributed by atoms with E-state index in [9.17, 15) is 0 Å². The van der Waals surface area contributed by atoms with E-state index in [0.717, 1.165) is 106 Å². The summed E-state index contributed by atoms with van der Waals surface area (Å²) >= 11 is 3.61. The topological polar surface area (TPSA) is 32.8 Å². The zero-order valence-electron chi connectivity index (χ0n) is 47.2. The lowest BCUT2D eigenvalue weighted by atomic mass is 9.37. The molecule has 4 nitrogen and oxygen atoms in total. The Kier molecular flexibility index (Phi) is 11.1. The van der Waals surface area contributed by atoms with Gasteiger partial charge in [0.2, 0.25) is 0 Å². The van der Waals surface area contributed by atoms with E-state index in [-0.39, 0.29) is 16.2 Å². The summed E-state index contributed by atoms with van der Waals surface area (Å²) in [5.41, 5.74) is 23.6. The smallest absolute Gasteiger partial charge is 0.342 e. The van der Waals surface area contributed by atoms with E-state index in [2.05, 4.69) is 277 Å². The Balaban J connectivity index is 1.11. The van der Waals surface area contributed by atoms with Gasteiger partial charge in [0.15, 0.2) is 0 Å². The summed E-state index contributed by atoms with van der Waals surface area (Å²) in [4.78, 5) is 5.18. The molecule has 0 unspecified atom stereocenters. The van der Waals surface area contributed by atoms with Crippen LogP contribution in [-0.2, 0) is 16.2 Å². The first kappa shape index (κ1) is 49.7. The molecule has 0 bridgehead atoms. The molecule has 4 aromatic heterocycles. The minimum atomic E-state index is -0.411. The second kappa shape index (κ2) is 18.1. The zero-order chi connectivity index (χ0) is 55.3. The van der Waals surface area contributed by atoms with E-state index in [1.165, 1.54) is 48.0 Å². The number of anilines is 6. The first-order valence-electron chi connectivity index (χ1n) is 28.3. The molecule has 9 aromatic carbocycles. The summed E-state index contributed by atoms with van der Waals surface area (Å²) in [7, 11) is 0. The van der Waals surface area contributed by atoms with Crippen LogP contribution in [0.1, 0.15) is 79.0 Å². The SMILES string of the molecule is CC(C)(C)c1cc2c3c(c1)N(c1cc(-c4csc5ccccc45)ccc1-c1ccccc1)c1c(oc4ccc(C(C)(C)C)cc14)B3c1oc3ccc(C(C)(C)C)cc3c1N2c1cc(-c2csc3ccccc23)ccc1-c1ccccc1. The highest BCUT2D eigenvalue weighted by Crippen LogP contribution is 2.55. The third kappa shape index (κ3) is 7.91. The second-order valence-corrected chi connectivity index (χ2v) is 27.1. The van der Waals surface area contributed by atoms with Gasteiger partial charge in [0.05, 0.1) is 22.7 Å². The monoisotopic (exact) mass is 1080 g/mol. The van der Waals surface area contributed by atoms with Crippen molar-refractivity contribution in [2.75, 3.05) is 9.80 Å². The number of benzene rings is 9. The van der Waals surface area contributed by atoms with Gasteiger partial charge in [0.25, 0.3) is 0 Å². The number of furan rings is 2. The maximum atomic E-state index is 7.62. The Labute approximate surface area is 482 Å². The van der Waals surface area contributed by atoms with Crippen molar-refractivity contribution in [3.05, 3.63) is 222 Å². The molecule has 6 heterocycles. The van der Waals surface area contributed by atoms with Gasteiger partial charge in [-0.05, 0) is 132 Å². The van der Waals surface area contributed by atoms with Gasteiger partial charge in [-0.3, -0.25) is 0 Å². The van der Waals surface area contributed by atoms with Crippen LogP contribution < -0.4 is 26.6 Å². The van der Waals surface area contributed by atoms with Crippen molar-refractivity contribution >= 4 is 122 Å². The lowest BCUT2D eigenvalue weighted by Crippen LogP contribution is -2.60. The second-order valence-electron chi connectivity index (χ2n) is 25.3. The summed E-state index contributed by atoms with van der Waals surface area (Å²) in [6.45, 7) is 20.5. The van der Waals surface area contributed by atoms with Crippen molar-refractivity contribution in [1.82, 2.24) is 0 Å². The molecule has 394 valence electrons. The molecule has 81 heavy (non-hydrogen) atoms. The Morgan fingerprint density at radius 3 is 1.17 bits per heavy atom. The highest BCUT2D eigenvalue weighted by molar-refractivity contribution is 7.18. The first-order valence-corrected chi connectivity index (χ1v) is 30.1. The first-order chi connectivity index (χ1) is 39.1. The number of thiophene rings is 2. The molecule has 15 rings (SSSR count). The lowest BCUT2D eigenvalue weighted by molar-refractivity contribution is 0.590. The van der Waals surface area contributed by atoms with E-state index >= 15 is 0 Å². The molecule has 13 aromatic rings. The lowest BCUT2D eigenvalue weighted by Gasteiger charge is -2.43. The molecule has 0 saturated heterocycles. The molecule has 7 heteroatoms. The van der Waals surface area contributed by atoms with Crippen LogP contribution in [0, 0.1) is 0 Å². The standard InChI is InChI=1S/C74H61BN2O2S2/c1-72(2,3)48-30-34-63-55(38-48)68-70(78-63)75-67-61(76(68)59-36-46(28-32-51(59)44-20-12-10-13-21-44)57-42-80-65-26-18-16-24-53(57)65)40-50(74(7,8)9)41-62(67)77(69-56-39-49(73(4,5)6)31-35-64(56)79-71(69)75)60-37-47(29-33-52(60)45-22-14-11-15-23-45)58-43-81-66-27-19-17-25-54(58)66/h10-43H,1-9H3. The van der Waals surface area contributed by atoms with Gasteiger partial charge in [-0.2, -0.15) is 0 Å². The van der Waals surface area contributed by atoms with Crippen molar-refractivity contribution in [3.8, 4) is 44.5 Å². The minimum absolute atomic E-state index is 0.125. The van der Waals surface area contributed by atoms with E-state index in [1.807, 2.05) is 0 Å². The highest BCUT2D eigenvalue weighted by atomic mass is 32.1. The Hall–Kier alpha value is -8.36. The van der Waals surface area contributed by atoms with Crippen LogP contribution >= 0.6 is 22.7 Å². The predicted molar refractivity (Wildman–Crippen MR) is 349 cm³/mol. The number of hydrogen-bond acceptors (Lipinski definition) is 6. The predicted octanol–water partition coefficient (Wildman–Crippen LogP) is 20.3. The van der Waals surface area contributed by atoms with E-state index < -0.39 is 6.71 Å². The summed E-state index contributed by atoms with van der Waals surface area (Å²) in [6.07, 6.45) is 0. The van der Waals surface area contributed by atoms with Crippen LogP contribution in [0.15, 0.2) is 214 Å². The summed E-state index contributed by atoms with van der Waals surface area (Å²) in [5, 5.41) is 9.33. The molecule has 2 aliphatic rings. The van der Waals surface area contributed by atoms with Crippen molar-refractivity contribution in [2.45, 2.75) is 78.6 Å². The van der Waals surface area contributed by atoms with Crippen LogP contribution in [0.4, 0.5) is 34.1 Å². The molecule has 0 N–H and O–H groups in total. The van der Waals surface area contributed by atoms with E-state index in [0.29, 0.717) is 0 Å². The van der Waals surface area contributed by atoms with Gasteiger partial charge in [0.1, 0.15) is 22.5 Å². The van der Waals surface area contributed by atoms with E-state index in [4.69, 9.17) is 8.83 Å². The Morgan fingerprint density at radius 1 is 0.346 bits per heavy atom. The molecule has 0 radical (unpaired) electrons. The Bertz CT molecular complexity index is 4380. The molecule has 2 aliphatic heterocycles. The minimum Gasteiger partial charge on any atom is -0.468 e.